The topological polar surface area (TPSA) is 147 Å². The fraction of sp³-hybridized carbons (Fsp3) is 0.231. The number of aromatic hydroxyl groups is 1. The van der Waals surface area contributed by atoms with Gasteiger partial charge in [0.15, 0.2) is 0 Å². The molecule has 274 valence electrons. The molecule has 54 heavy (non-hydrogen) atoms. The Morgan fingerprint density at radius 3 is 2.22 bits per heavy atom. The van der Waals surface area contributed by atoms with Crippen molar-refractivity contribution in [1.82, 2.24) is 0 Å². The molecule has 4 aromatic carbocycles. The number of ether oxygens (including phenoxy) is 1. The van der Waals surface area contributed by atoms with Gasteiger partial charge in [0, 0.05) is 28.6 Å². The number of carbonyl (C=O) groups excluding carboxylic acids is 4. The molecule has 11 nitrogen and oxygen atoms in total. The highest BCUT2D eigenvalue weighted by atomic mass is 35.5. The van der Waals surface area contributed by atoms with Gasteiger partial charge in [-0.05, 0) is 66.8 Å². The van der Waals surface area contributed by atoms with Gasteiger partial charge in [0.05, 0.1) is 39.5 Å². The minimum atomic E-state index is -5.12. The number of allylic oxidation sites excluding steroid dienone is 2. The monoisotopic (exact) mass is 757 g/mol. The van der Waals surface area contributed by atoms with Gasteiger partial charge in [-0.2, -0.15) is 0 Å². The predicted molar refractivity (Wildman–Crippen MR) is 186 cm³/mol. The maximum absolute atomic E-state index is 15.3. The number of hydrogen-bond acceptors (Lipinski definition) is 8. The highest BCUT2D eigenvalue weighted by molar-refractivity contribution is 6.32. The fourth-order valence-electron chi connectivity index (χ4n) is 9.05. The Morgan fingerprint density at radius 2 is 1.54 bits per heavy atom. The molecule has 4 aromatic rings. The number of non-ortho nitro benzene ring substituents is 1. The van der Waals surface area contributed by atoms with Crippen LogP contribution in [0.3, 0.4) is 0 Å². The molecule has 6 unspecified atom stereocenters. The number of phenolic OH excluding ortho intramolecular Hbond substituents is 1. The second kappa shape index (κ2) is 12.5. The number of amides is 4. The summed E-state index contributed by atoms with van der Waals surface area (Å²) in [5.74, 6) is -9.52. The zero-order chi connectivity index (χ0) is 38.3. The summed E-state index contributed by atoms with van der Waals surface area (Å²) in [6, 6.07) is 22.2. The van der Waals surface area contributed by atoms with Crippen molar-refractivity contribution in [1.29, 1.82) is 0 Å². The van der Waals surface area contributed by atoms with Crippen molar-refractivity contribution in [2.24, 2.45) is 23.7 Å². The quantitative estimate of drug-likeness (QED) is 0.0939. The van der Waals surface area contributed by atoms with Gasteiger partial charge in [-0.25, -0.2) is 9.80 Å². The fourth-order valence-corrected chi connectivity index (χ4v) is 9.23. The Kier molecular flexibility index (Phi) is 8.14. The number of nitro groups is 1. The van der Waals surface area contributed by atoms with Crippen molar-refractivity contribution in [3.05, 3.63) is 135 Å². The van der Waals surface area contributed by atoms with Crippen molar-refractivity contribution in [3.8, 4) is 11.5 Å². The van der Waals surface area contributed by atoms with Gasteiger partial charge >= 0.3 is 6.36 Å². The highest BCUT2D eigenvalue weighted by Crippen LogP contribution is 2.65. The Bertz CT molecular complexity index is 2320. The molecular formula is C39H27ClF3N3O8. The van der Waals surface area contributed by atoms with Crippen molar-refractivity contribution in [2.75, 3.05) is 9.80 Å². The number of carbonyl (C=O) groups is 4. The molecule has 2 saturated heterocycles. The molecule has 4 amide bonds. The smallest absolute Gasteiger partial charge is 0.508 e. The number of fused-ring (bicyclic) bond motifs is 4. The highest BCUT2D eigenvalue weighted by Gasteiger charge is 2.70. The average molecular weight is 758 g/mol. The summed E-state index contributed by atoms with van der Waals surface area (Å²) in [5, 5.41) is 23.3. The van der Waals surface area contributed by atoms with Crippen LogP contribution in [-0.2, 0) is 24.6 Å². The van der Waals surface area contributed by atoms with Crippen molar-refractivity contribution in [3.63, 3.8) is 0 Å². The third-order valence-corrected chi connectivity index (χ3v) is 11.2. The zero-order valence-corrected chi connectivity index (χ0v) is 28.5. The van der Waals surface area contributed by atoms with E-state index in [1.54, 1.807) is 48.5 Å². The maximum atomic E-state index is 15.3. The Balaban J connectivity index is 1.36. The SMILES string of the molecule is O=C1C2CC=C3C(CC4C(=O)N(c5cccc(Cl)c5)C(=O)C4(c4ccccc4)C3c3cc(OC(F)(F)F)ccc3O)C2C(=O)N1c1cccc([N+](=O)[O-])c1. The largest absolute Gasteiger partial charge is 0.573 e. The normalized spacial score (nSPS) is 26.3. The molecule has 4 aliphatic rings. The van der Waals surface area contributed by atoms with Crippen LogP contribution in [-0.4, -0.2) is 40.0 Å². The average Bonchev–Trinajstić information content (AvgIpc) is 3.53. The molecule has 6 atom stereocenters. The maximum Gasteiger partial charge on any atom is 0.573 e. The summed E-state index contributed by atoms with van der Waals surface area (Å²) in [6.45, 7) is 0. The lowest BCUT2D eigenvalue weighted by Gasteiger charge is -2.50. The molecule has 8 rings (SSSR count). The van der Waals surface area contributed by atoms with E-state index in [9.17, 15) is 42.8 Å². The van der Waals surface area contributed by atoms with E-state index < -0.39 is 81.4 Å². The van der Waals surface area contributed by atoms with Gasteiger partial charge in [-0.15, -0.1) is 13.2 Å². The number of hydrogen-bond donors (Lipinski definition) is 1. The van der Waals surface area contributed by atoms with Gasteiger partial charge in [-0.1, -0.05) is 65.7 Å². The van der Waals surface area contributed by atoms with E-state index in [0.29, 0.717) is 11.1 Å². The number of benzene rings is 4. The number of nitro benzene ring substituents is 1. The van der Waals surface area contributed by atoms with Gasteiger partial charge in [0.2, 0.25) is 23.6 Å². The number of imide groups is 2. The first-order chi connectivity index (χ1) is 25.7. The van der Waals surface area contributed by atoms with Gasteiger partial charge in [0.1, 0.15) is 11.5 Å². The molecule has 3 fully saturated rings. The van der Waals surface area contributed by atoms with Gasteiger partial charge in [-0.3, -0.25) is 29.3 Å². The van der Waals surface area contributed by atoms with Crippen LogP contribution in [0.2, 0.25) is 5.02 Å². The third kappa shape index (κ3) is 5.26. The number of alkyl halides is 3. The van der Waals surface area contributed by atoms with Crippen LogP contribution in [0.15, 0.2) is 109 Å². The van der Waals surface area contributed by atoms with Crippen molar-refractivity contribution >= 4 is 52.3 Å². The molecular weight excluding hydrogens is 731 g/mol. The third-order valence-electron chi connectivity index (χ3n) is 11.0. The molecule has 15 heteroatoms. The van der Waals surface area contributed by atoms with Crippen LogP contribution in [0, 0.1) is 33.8 Å². The summed E-state index contributed by atoms with van der Waals surface area (Å²) in [7, 11) is 0. The molecule has 1 saturated carbocycles. The number of nitrogens with zero attached hydrogens (tertiary/aromatic N) is 3. The second-order valence-electron chi connectivity index (χ2n) is 13.7. The van der Waals surface area contributed by atoms with Crippen molar-refractivity contribution in [2.45, 2.75) is 30.5 Å². The summed E-state index contributed by atoms with van der Waals surface area (Å²) >= 11 is 6.31. The Hall–Kier alpha value is -6.02. The first-order valence-corrected chi connectivity index (χ1v) is 17.2. The van der Waals surface area contributed by atoms with Crippen LogP contribution in [0.4, 0.5) is 30.2 Å². The zero-order valence-electron chi connectivity index (χ0n) is 27.8. The summed E-state index contributed by atoms with van der Waals surface area (Å²) in [5.41, 5.74) is -1.57. The van der Waals surface area contributed by atoms with E-state index in [1.807, 2.05) is 0 Å². The Morgan fingerprint density at radius 1 is 0.833 bits per heavy atom. The molecule has 2 heterocycles. The predicted octanol–water partition coefficient (Wildman–Crippen LogP) is 7.22. The molecule has 1 N–H and O–H groups in total. The molecule has 0 spiro atoms. The lowest BCUT2D eigenvalue weighted by Crippen LogP contribution is -2.53. The van der Waals surface area contributed by atoms with E-state index in [4.69, 9.17) is 11.6 Å². The van der Waals surface area contributed by atoms with E-state index in [0.717, 1.165) is 34.1 Å². The number of anilines is 2. The number of halogens is 4. The molecule has 0 radical (unpaired) electrons. The first-order valence-electron chi connectivity index (χ1n) is 16.8. The number of rotatable bonds is 6. The summed E-state index contributed by atoms with van der Waals surface area (Å²) in [6.07, 6.45) is -3.63. The second-order valence-corrected chi connectivity index (χ2v) is 14.1. The van der Waals surface area contributed by atoms with Crippen LogP contribution in [0.1, 0.15) is 29.9 Å². The summed E-state index contributed by atoms with van der Waals surface area (Å²) in [4.78, 5) is 71.4. The minimum absolute atomic E-state index is 0.0185. The molecule has 0 bridgehead atoms. The van der Waals surface area contributed by atoms with Crippen LogP contribution in [0.25, 0.3) is 0 Å². The first kappa shape index (κ1) is 35.0. The van der Waals surface area contributed by atoms with E-state index in [-0.39, 0.29) is 40.5 Å². The van der Waals surface area contributed by atoms with E-state index in [2.05, 4.69) is 4.74 Å². The Labute approximate surface area is 309 Å². The van der Waals surface area contributed by atoms with Crippen LogP contribution in [0.5, 0.6) is 11.5 Å². The van der Waals surface area contributed by atoms with E-state index >= 15 is 4.79 Å². The standard InChI is InChI=1S/C39H27ClF3N3O8/c40-21-8-4-9-22(16-21)45-35(49)30-19-28-26(13-14-27-32(28)36(50)44(34(27)48)23-10-5-11-24(17-23)46(52)53)33(38(30,37(45)51)20-6-2-1-3-7-20)29-18-25(12-15-31(29)47)54-39(41,42)43/h1-13,15-18,27-28,30,32-33,47H,14,19H2. The molecule has 0 aromatic heterocycles. The lowest BCUT2D eigenvalue weighted by molar-refractivity contribution is -0.384. The summed E-state index contributed by atoms with van der Waals surface area (Å²) < 4.78 is 45.0. The number of phenols is 1. The molecule has 2 aliphatic carbocycles. The molecule has 2 aliphatic heterocycles. The van der Waals surface area contributed by atoms with Crippen molar-refractivity contribution < 1.29 is 47.1 Å². The minimum Gasteiger partial charge on any atom is -0.508 e. The van der Waals surface area contributed by atoms with Crippen LogP contribution >= 0.6 is 11.6 Å². The van der Waals surface area contributed by atoms with Gasteiger partial charge < -0.3 is 9.84 Å². The van der Waals surface area contributed by atoms with Gasteiger partial charge in [0.25, 0.3) is 5.69 Å². The van der Waals surface area contributed by atoms with E-state index in [1.165, 1.54) is 30.3 Å². The van der Waals surface area contributed by atoms with Crippen LogP contribution < -0.4 is 14.5 Å². The lowest BCUT2D eigenvalue weighted by atomic mass is 9.49.